The minimum absolute atomic E-state index is 0. The second kappa shape index (κ2) is 5.50. The van der Waals surface area contributed by atoms with Crippen LogP contribution < -0.4 is 15.2 Å². The lowest BCUT2D eigenvalue weighted by Crippen LogP contribution is -2.45. The molecule has 0 atom stereocenters. The molecule has 1 aliphatic carbocycles. The number of amides is 1. The van der Waals surface area contributed by atoms with Crippen LogP contribution in [0.4, 0.5) is 0 Å². The van der Waals surface area contributed by atoms with Gasteiger partial charge in [0, 0.05) is 13.1 Å². The van der Waals surface area contributed by atoms with Gasteiger partial charge in [-0.2, -0.15) is 0 Å². The average molecular weight is 299 g/mol. The van der Waals surface area contributed by atoms with Crippen molar-refractivity contribution in [1.82, 2.24) is 4.90 Å². The lowest BCUT2D eigenvalue weighted by molar-refractivity contribution is -0.134. The largest absolute Gasteiger partial charge is 0.454 e. The van der Waals surface area contributed by atoms with E-state index in [2.05, 4.69) is 0 Å². The Morgan fingerprint density at radius 1 is 1.35 bits per heavy atom. The van der Waals surface area contributed by atoms with Crippen molar-refractivity contribution in [3.05, 3.63) is 23.8 Å². The number of halogens is 1. The van der Waals surface area contributed by atoms with Crippen LogP contribution in [0.3, 0.4) is 0 Å². The molecule has 1 aromatic carbocycles. The monoisotopic (exact) mass is 298 g/mol. The number of likely N-dealkylation sites (N-methyl/N-ethyl adjacent to an activating group) is 1. The first-order valence-electron chi connectivity index (χ1n) is 6.59. The molecule has 1 aromatic rings. The quantitative estimate of drug-likeness (QED) is 0.918. The highest BCUT2D eigenvalue weighted by Crippen LogP contribution is 2.35. The minimum Gasteiger partial charge on any atom is -0.454 e. The van der Waals surface area contributed by atoms with Gasteiger partial charge in [-0.15, -0.1) is 12.4 Å². The van der Waals surface area contributed by atoms with E-state index in [0.717, 1.165) is 29.9 Å². The van der Waals surface area contributed by atoms with Crippen LogP contribution in [0, 0.1) is 0 Å². The Morgan fingerprint density at radius 3 is 2.70 bits per heavy atom. The second-order valence-corrected chi connectivity index (χ2v) is 5.16. The van der Waals surface area contributed by atoms with Crippen molar-refractivity contribution in [2.45, 2.75) is 31.8 Å². The molecule has 1 fully saturated rings. The van der Waals surface area contributed by atoms with Crippen molar-refractivity contribution in [1.29, 1.82) is 0 Å². The maximum Gasteiger partial charge on any atom is 0.242 e. The van der Waals surface area contributed by atoms with Crippen molar-refractivity contribution >= 4 is 18.3 Å². The molecule has 0 aromatic heterocycles. The summed E-state index contributed by atoms with van der Waals surface area (Å²) in [5, 5.41) is 0. The standard InChI is InChI=1S/C14H18N2O3.ClH/c1-2-16(13(17)14(15)5-6-14)8-10-3-4-11-12(7-10)19-9-18-11;/h3-4,7H,2,5-6,8-9,15H2,1H3;1H. The third-order valence-electron chi connectivity index (χ3n) is 3.69. The topological polar surface area (TPSA) is 64.8 Å². The van der Waals surface area contributed by atoms with Crippen molar-refractivity contribution < 1.29 is 14.3 Å². The van der Waals surface area contributed by atoms with Crippen molar-refractivity contribution in [2.24, 2.45) is 5.73 Å². The van der Waals surface area contributed by atoms with Crippen molar-refractivity contribution in [2.75, 3.05) is 13.3 Å². The van der Waals surface area contributed by atoms with Gasteiger partial charge in [-0.1, -0.05) is 6.07 Å². The summed E-state index contributed by atoms with van der Waals surface area (Å²) in [5.41, 5.74) is 6.40. The third kappa shape index (κ3) is 2.69. The number of fused-ring (bicyclic) bond motifs is 1. The molecule has 1 saturated carbocycles. The van der Waals surface area contributed by atoms with Gasteiger partial charge in [0.25, 0.3) is 0 Å². The smallest absolute Gasteiger partial charge is 0.242 e. The fraction of sp³-hybridized carbons (Fsp3) is 0.500. The highest BCUT2D eigenvalue weighted by Gasteiger charge is 2.47. The first kappa shape index (κ1) is 14.9. The number of nitrogens with zero attached hydrogens (tertiary/aromatic N) is 1. The molecule has 0 spiro atoms. The van der Waals surface area contributed by atoms with Gasteiger partial charge in [-0.05, 0) is 37.5 Å². The van der Waals surface area contributed by atoms with Gasteiger partial charge in [-0.3, -0.25) is 4.79 Å². The Hall–Kier alpha value is -1.46. The molecule has 0 saturated heterocycles. The predicted octanol–water partition coefficient (Wildman–Crippen LogP) is 1.68. The number of ether oxygens (including phenoxy) is 2. The first-order valence-corrected chi connectivity index (χ1v) is 6.59. The molecule has 1 amide bonds. The number of benzene rings is 1. The van der Waals surface area contributed by atoms with E-state index in [9.17, 15) is 4.79 Å². The molecule has 2 N–H and O–H groups in total. The van der Waals surface area contributed by atoms with Gasteiger partial charge in [-0.25, -0.2) is 0 Å². The normalized spacial score (nSPS) is 17.3. The van der Waals surface area contributed by atoms with Gasteiger partial charge in [0.2, 0.25) is 12.7 Å². The first-order chi connectivity index (χ1) is 9.12. The molecular formula is C14H19ClN2O3. The average Bonchev–Trinajstić information content (AvgIpc) is 3.01. The van der Waals surface area contributed by atoms with E-state index in [1.807, 2.05) is 25.1 Å². The Kier molecular flexibility index (Phi) is 4.11. The fourth-order valence-corrected chi connectivity index (χ4v) is 2.25. The van der Waals surface area contributed by atoms with Crippen LogP contribution in [0.2, 0.25) is 0 Å². The van der Waals surface area contributed by atoms with Crippen LogP contribution in [0.25, 0.3) is 0 Å². The Balaban J connectivity index is 0.00000147. The van der Waals surface area contributed by atoms with E-state index in [-0.39, 0.29) is 25.1 Å². The molecule has 0 radical (unpaired) electrons. The molecule has 1 aliphatic heterocycles. The van der Waals surface area contributed by atoms with E-state index in [1.165, 1.54) is 0 Å². The number of nitrogens with two attached hydrogens (primary N) is 1. The lowest BCUT2D eigenvalue weighted by atomic mass is 10.1. The summed E-state index contributed by atoms with van der Waals surface area (Å²) in [5.74, 6) is 1.55. The van der Waals surface area contributed by atoms with Gasteiger partial charge in [0.05, 0.1) is 5.54 Å². The summed E-state index contributed by atoms with van der Waals surface area (Å²) in [6.07, 6.45) is 1.59. The Labute approximate surface area is 124 Å². The van der Waals surface area contributed by atoms with Gasteiger partial charge >= 0.3 is 0 Å². The van der Waals surface area contributed by atoms with Crippen LogP contribution in [-0.4, -0.2) is 29.7 Å². The van der Waals surface area contributed by atoms with Crippen LogP contribution in [0.1, 0.15) is 25.3 Å². The molecule has 110 valence electrons. The predicted molar refractivity (Wildman–Crippen MR) is 77.1 cm³/mol. The SMILES string of the molecule is CCN(Cc1ccc2c(c1)OCO2)C(=O)C1(N)CC1.Cl. The number of hydrogen-bond acceptors (Lipinski definition) is 4. The highest BCUT2D eigenvalue weighted by atomic mass is 35.5. The Morgan fingerprint density at radius 2 is 2.05 bits per heavy atom. The molecule has 6 heteroatoms. The van der Waals surface area contributed by atoms with Gasteiger partial charge in [0.1, 0.15) is 0 Å². The highest BCUT2D eigenvalue weighted by molar-refractivity contribution is 5.89. The summed E-state index contributed by atoms with van der Waals surface area (Å²) in [6, 6.07) is 5.76. The Bertz CT molecular complexity index is 517. The lowest BCUT2D eigenvalue weighted by Gasteiger charge is -2.24. The molecule has 5 nitrogen and oxygen atoms in total. The molecule has 0 unspecified atom stereocenters. The molecule has 3 rings (SSSR count). The van der Waals surface area contributed by atoms with Crippen molar-refractivity contribution in [3.8, 4) is 11.5 Å². The zero-order valence-corrected chi connectivity index (χ0v) is 12.2. The summed E-state index contributed by atoms with van der Waals surface area (Å²) in [7, 11) is 0. The molecule has 2 aliphatic rings. The zero-order chi connectivity index (χ0) is 13.5. The summed E-state index contributed by atoms with van der Waals surface area (Å²) in [4.78, 5) is 14.0. The molecule has 0 bridgehead atoms. The number of rotatable bonds is 4. The maximum absolute atomic E-state index is 12.2. The molecule has 20 heavy (non-hydrogen) atoms. The van der Waals surface area contributed by atoms with E-state index in [4.69, 9.17) is 15.2 Å². The molecule has 1 heterocycles. The zero-order valence-electron chi connectivity index (χ0n) is 11.4. The summed E-state index contributed by atoms with van der Waals surface area (Å²) < 4.78 is 10.6. The number of carbonyl (C=O) groups excluding carboxylic acids is 1. The van der Waals surface area contributed by atoms with Crippen LogP contribution in [0.5, 0.6) is 11.5 Å². The molecular weight excluding hydrogens is 280 g/mol. The summed E-state index contributed by atoms with van der Waals surface area (Å²) in [6.45, 7) is 3.45. The van der Waals surface area contributed by atoms with E-state index in [1.54, 1.807) is 4.90 Å². The number of hydrogen-bond donors (Lipinski definition) is 1. The minimum atomic E-state index is -0.605. The third-order valence-corrected chi connectivity index (χ3v) is 3.69. The van der Waals surface area contributed by atoms with Crippen LogP contribution in [0.15, 0.2) is 18.2 Å². The number of carbonyl (C=O) groups is 1. The van der Waals surface area contributed by atoms with Gasteiger partial charge in [0.15, 0.2) is 11.5 Å². The van der Waals surface area contributed by atoms with E-state index >= 15 is 0 Å². The van der Waals surface area contributed by atoms with Crippen LogP contribution >= 0.6 is 12.4 Å². The fourth-order valence-electron chi connectivity index (χ4n) is 2.25. The summed E-state index contributed by atoms with van der Waals surface area (Å²) >= 11 is 0. The van der Waals surface area contributed by atoms with Crippen molar-refractivity contribution in [3.63, 3.8) is 0 Å². The van der Waals surface area contributed by atoms with E-state index in [0.29, 0.717) is 13.1 Å². The van der Waals surface area contributed by atoms with Crippen LogP contribution in [-0.2, 0) is 11.3 Å². The second-order valence-electron chi connectivity index (χ2n) is 5.16. The maximum atomic E-state index is 12.2. The van der Waals surface area contributed by atoms with E-state index < -0.39 is 5.54 Å². The van der Waals surface area contributed by atoms with Gasteiger partial charge < -0.3 is 20.1 Å².